The molecule has 1 aromatic carbocycles. The molecule has 2 heterocycles. The molecule has 0 atom stereocenters. The lowest BCUT2D eigenvalue weighted by Crippen LogP contribution is -2.28. The third-order valence-electron chi connectivity index (χ3n) is 4.68. The number of nitrogens with zero attached hydrogens (tertiary/aromatic N) is 3. The molecule has 2 aromatic heterocycles. The zero-order valence-corrected chi connectivity index (χ0v) is 16.2. The maximum atomic E-state index is 9.64. The van der Waals surface area contributed by atoms with Crippen LogP contribution in [0.3, 0.4) is 0 Å². The lowest BCUT2D eigenvalue weighted by Gasteiger charge is -2.25. The van der Waals surface area contributed by atoms with Crippen molar-refractivity contribution in [3.63, 3.8) is 0 Å². The number of aliphatic hydroxyl groups is 1. The Hall–Kier alpha value is -2.22. The monoisotopic (exact) mass is 401 g/mol. The first-order valence-corrected chi connectivity index (χ1v) is 10.1. The van der Waals surface area contributed by atoms with Crippen LogP contribution in [0.15, 0.2) is 36.5 Å². The molecular weight excluding hydrogens is 382 g/mol. The highest BCUT2D eigenvalue weighted by Crippen LogP contribution is 2.33. The summed E-state index contributed by atoms with van der Waals surface area (Å²) in [7, 11) is 0. The largest absolute Gasteiger partial charge is 0.393 e. The Bertz CT molecular complexity index is 939. The molecule has 0 bridgehead atoms. The fraction of sp³-hybridized carbons (Fsp3) is 0.316. The lowest BCUT2D eigenvalue weighted by atomic mass is 9.93. The van der Waals surface area contributed by atoms with E-state index in [0.717, 1.165) is 46.9 Å². The third kappa shape index (κ3) is 4.21. The van der Waals surface area contributed by atoms with Crippen molar-refractivity contribution < 1.29 is 5.11 Å². The molecule has 0 amide bonds. The maximum absolute atomic E-state index is 9.64. The number of benzene rings is 1. The Morgan fingerprint density at radius 2 is 1.85 bits per heavy atom. The van der Waals surface area contributed by atoms with E-state index in [1.807, 2.05) is 30.3 Å². The summed E-state index contributed by atoms with van der Waals surface area (Å²) < 4.78 is 0. The average molecular weight is 402 g/mol. The van der Waals surface area contributed by atoms with Crippen LogP contribution in [0.1, 0.15) is 25.7 Å². The molecule has 0 spiro atoms. The van der Waals surface area contributed by atoms with Crippen LogP contribution in [-0.4, -0.2) is 32.2 Å². The number of nitrogens with one attached hydrogen (secondary N) is 1. The number of rotatable bonds is 4. The summed E-state index contributed by atoms with van der Waals surface area (Å²) in [5.41, 5.74) is 8.16. The van der Waals surface area contributed by atoms with E-state index in [2.05, 4.69) is 20.3 Å². The highest BCUT2D eigenvalue weighted by molar-refractivity contribution is 7.18. The molecule has 1 aliphatic rings. The minimum Gasteiger partial charge on any atom is -0.393 e. The Balaban J connectivity index is 1.57. The summed E-state index contributed by atoms with van der Waals surface area (Å²) in [6, 6.07) is 9.75. The lowest BCUT2D eigenvalue weighted by molar-refractivity contribution is 0.126. The van der Waals surface area contributed by atoms with E-state index in [4.69, 9.17) is 17.3 Å². The van der Waals surface area contributed by atoms with Crippen molar-refractivity contribution in [2.24, 2.45) is 0 Å². The highest BCUT2D eigenvalue weighted by Gasteiger charge is 2.20. The van der Waals surface area contributed by atoms with Gasteiger partial charge in [0.1, 0.15) is 0 Å². The van der Waals surface area contributed by atoms with Crippen molar-refractivity contribution in [3.8, 4) is 21.8 Å². The molecule has 1 fully saturated rings. The molecule has 0 unspecified atom stereocenters. The summed E-state index contributed by atoms with van der Waals surface area (Å²) in [5, 5.41) is 14.6. The number of aromatic nitrogens is 3. The van der Waals surface area contributed by atoms with Gasteiger partial charge in [0.15, 0.2) is 5.13 Å². The van der Waals surface area contributed by atoms with Gasteiger partial charge in [-0.2, -0.15) is 0 Å². The zero-order valence-electron chi connectivity index (χ0n) is 14.6. The van der Waals surface area contributed by atoms with Gasteiger partial charge in [-0.25, -0.2) is 15.0 Å². The van der Waals surface area contributed by atoms with E-state index in [9.17, 15) is 5.11 Å². The molecule has 8 heteroatoms. The molecule has 27 heavy (non-hydrogen) atoms. The van der Waals surface area contributed by atoms with Gasteiger partial charge >= 0.3 is 0 Å². The van der Waals surface area contributed by atoms with Crippen molar-refractivity contribution in [2.75, 3.05) is 11.1 Å². The van der Waals surface area contributed by atoms with E-state index in [1.165, 1.54) is 11.3 Å². The van der Waals surface area contributed by atoms with Crippen LogP contribution in [0.4, 0.5) is 11.1 Å². The molecular formula is C19H20ClN5OS. The van der Waals surface area contributed by atoms with Crippen molar-refractivity contribution in [1.82, 2.24) is 15.0 Å². The van der Waals surface area contributed by atoms with Crippen molar-refractivity contribution in [1.29, 1.82) is 0 Å². The first-order chi connectivity index (χ1) is 13.1. The van der Waals surface area contributed by atoms with Gasteiger partial charge in [-0.1, -0.05) is 41.1 Å². The number of hydrogen-bond acceptors (Lipinski definition) is 7. The molecule has 0 aliphatic heterocycles. The highest BCUT2D eigenvalue weighted by atomic mass is 35.5. The standard InChI is InChI=1S/C19H20ClN5OS/c20-14-4-2-1-3-13(14)15-9-16(25-18(21)24-15)17-10-22-19(27-17)23-11-5-7-12(26)8-6-11/h1-4,9-12,26H,5-8H2,(H,22,23)(H2,21,24,25). The van der Waals surface area contributed by atoms with Gasteiger partial charge in [-0.3, -0.25) is 0 Å². The van der Waals surface area contributed by atoms with Crippen LogP contribution >= 0.6 is 22.9 Å². The Labute approximate surface area is 166 Å². The van der Waals surface area contributed by atoms with E-state index < -0.39 is 0 Å². The number of thiazole rings is 1. The number of halogens is 1. The van der Waals surface area contributed by atoms with Gasteiger partial charge in [-0.15, -0.1) is 0 Å². The van der Waals surface area contributed by atoms with Gasteiger partial charge in [-0.05, 0) is 37.8 Å². The molecule has 3 aromatic rings. The molecule has 1 aliphatic carbocycles. The Morgan fingerprint density at radius 3 is 2.63 bits per heavy atom. The first kappa shape index (κ1) is 18.2. The second kappa shape index (κ2) is 7.80. The summed E-state index contributed by atoms with van der Waals surface area (Å²) in [6.07, 6.45) is 5.20. The molecule has 4 rings (SSSR count). The van der Waals surface area contributed by atoms with Crippen LogP contribution < -0.4 is 11.1 Å². The Kier molecular flexibility index (Phi) is 5.24. The SMILES string of the molecule is Nc1nc(-c2cnc(NC3CCC(O)CC3)s2)cc(-c2ccccc2Cl)n1. The maximum Gasteiger partial charge on any atom is 0.221 e. The van der Waals surface area contributed by atoms with Gasteiger partial charge < -0.3 is 16.2 Å². The van der Waals surface area contributed by atoms with E-state index in [0.29, 0.717) is 16.8 Å². The van der Waals surface area contributed by atoms with Gasteiger partial charge in [0, 0.05) is 22.8 Å². The van der Waals surface area contributed by atoms with Crippen LogP contribution in [-0.2, 0) is 0 Å². The second-order valence-electron chi connectivity index (χ2n) is 6.66. The molecule has 140 valence electrons. The fourth-order valence-corrected chi connectivity index (χ4v) is 4.34. The molecule has 0 saturated heterocycles. The molecule has 4 N–H and O–H groups in total. The van der Waals surface area contributed by atoms with Crippen molar-refractivity contribution in [2.45, 2.75) is 37.8 Å². The quantitative estimate of drug-likeness (QED) is 0.605. The van der Waals surface area contributed by atoms with Crippen LogP contribution in [0.5, 0.6) is 0 Å². The summed E-state index contributed by atoms with van der Waals surface area (Å²) in [5.74, 6) is 0.201. The van der Waals surface area contributed by atoms with E-state index >= 15 is 0 Å². The second-order valence-corrected chi connectivity index (χ2v) is 8.09. The minimum absolute atomic E-state index is 0.165. The number of hydrogen-bond donors (Lipinski definition) is 3. The molecule has 0 radical (unpaired) electrons. The number of nitrogen functional groups attached to an aromatic ring is 1. The minimum atomic E-state index is -0.165. The fourth-order valence-electron chi connectivity index (χ4n) is 3.25. The molecule has 1 saturated carbocycles. The predicted octanol–water partition coefficient (Wildman–Crippen LogP) is 4.22. The first-order valence-electron chi connectivity index (χ1n) is 8.89. The van der Waals surface area contributed by atoms with Crippen LogP contribution in [0.2, 0.25) is 5.02 Å². The number of nitrogens with two attached hydrogens (primary N) is 1. The van der Waals surface area contributed by atoms with E-state index in [-0.39, 0.29) is 12.1 Å². The molecule has 6 nitrogen and oxygen atoms in total. The number of aliphatic hydroxyl groups excluding tert-OH is 1. The topological polar surface area (TPSA) is 97.0 Å². The van der Waals surface area contributed by atoms with Crippen LogP contribution in [0, 0.1) is 0 Å². The van der Waals surface area contributed by atoms with Gasteiger partial charge in [0.25, 0.3) is 0 Å². The van der Waals surface area contributed by atoms with Crippen molar-refractivity contribution >= 4 is 34.0 Å². The summed E-state index contributed by atoms with van der Waals surface area (Å²) >= 11 is 7.83. The summed E-state index contributed by atoms with van der Waals surface area (Å²) in [4.78, 5) is 14.1. The normalized spacial score (nSPS) is 19.8. The van der Waals surface area contributed by atoms with Crippen molar-refractivity contribution in [3.05, 3.63) is 41.6 Å². The number of anilines is 2. The third-order valence-corrected chi connectivity index (χ3v) is 5.96. The van der Waals surface area contributed by atoms with Gasteiger partial charge in [0.05, 0.1) is 22.4 Å². The Morgan fingerprint density at radius 1 is 1.11 bits per heavy atom. The predicted molar refractivity (Wildman–Crippen MR) is 110 cm³/mol. The smallest absolute Gasteiger partial charge is 0.221 e. The van der Waals surface area contributed by atoms with Crippen LogP contribution in [0.25, 0.3) is 21.8 Å². The zero-order chi connectivity index (χ0) is 18.8. The average Bonchev–Trinajstić information content (AvgIpc) is 3.12. The summed E-state index contributed by atoms with van der Waals surface area (Å²) in [6.45, 7) is 0. The van der Waals surface area contributed by atoms with Gasteiger partial charge in [0.2, 0.25) is 5.95 Å². The van der Waals surface area contributed by atoms with E-state index in [1.54, 1.807) is 6.20 Å².